The van der Waals surface area contributed by atoms with E-state index in [9.17, 15) is 4.79 Å². The third-order valence-corrected chi connectivity index (χ3v) is 8.87. The van der Waals surface area contributed by atoms with Gasteiger partial charge in [-0.2, -0.15) is 0 Å². The first kappa shape index (κ1) is 24.7. The Morgan fingerprint density at radius 1 is 1.18 bits per heavy atom. The first-order valence-electron chi connectivity index (χ1n) is 13.8. The van der Waals surface area contributed by atoms with E-state index in [4.69, 9.17) is 19.9 Å². The number of anilines is 1. The third-order valence-electron chi connectivity index (χ3n) is 8.87. The highest BCUT2D eigenvalue weighted by atomic mass is 19.1. The van der Waals surface area contributed by atoms with Crippen molar-refractivity contribution in [1.82, 2.24) is 14.8 Å². The highest BCUT2D eigenvalue weighted by Gasteiger charge is 2.41. The van der Waals surface area contributed by atoms with Gasteiger partial charge in [0.1, 0.15) is 23.0 Å². The number of carbonyl (C=O) groups is 1. The van der Waals surface area contributed by atoms with Crippen molar-refractivity contribution < 1.29 is 23.4 Å². The van der Waals surface area contributed by atoms with E-state index in [1.807, 2.05) is 12.1 Å². The number of nitrogen functional groups attached to an aromatic ring is 1. The predicted octanol–water partition coefficient (Wildman–Crippen LogP) is 3.82. The number of rotatable bonds is 4. The fourth-order valence-electron chi connectivity index (χ4n) is 6.53. The molecule has 39 heavy (non-hydrogen) atoms. The zero-order valence-corrected chi connectivity index (χ0v) is 22.2. The Labute approximate surface area is 226 Å². The first-order valence-corrected chi connectivity index (χ1v) is 13.8. The molecule has 204 valence electrons. The SMILES string of the molecule is CN1CCC2(CC1)Cc1cc(CN(C(=O)c3cc4c5c(c(N)nc4cc3F)COC5)[C@H]3CCOC3)ccc1O2. The van der Waals surface area contributed by atoms with Crippen LogP contribution in [0.3, 0.4) is 0 Å². The number of likely N-dealkylation sites (tertiary alicyclic amines) is 1. The summed E-state index contributed by atoms with van der Waals surface area (Å²) in [5.41, 5.74) is 10.3. The van der Waals surface area contributed by atoms with E-state index in [0.717, 1.165) is 54.8 Å². The molecule has 3 aromatic rings. The number of hydrogen-bond donors (Lipinski definition) is 1. The Bertz CT molecular complexity index is 1460. The molecule has 1 aromatic heterocycles. The van der Waals surface area contributed by atoms with E-state index in [1.54, 1.807) is 11.0 Å². The summed E-state index contributed by atoms with van der Waals surface area (Å²) in [6.45, 7) is 4.18. The van der Waals surface area contributed by atoms with Gasteiger partial charge < -0.3 is 29.7 Å². The van der Waals surface area contributed by atoms with E-state index < -0.39 is 5.82 Å². The van der Waals surface area contributed by atoms with E-state index in [-0.39, 0.29) is 23.1 Å². The number of piperidine rings is 1. The Kier molecular flexibility index (Phi) is 5.98. The molecule has 9 heteroatoms. The number of nitrogens with two attached hydrogens (primary N) is 1. The van der Waals surface area contributed by atoms with Gasteiger partial charge in [-0.3, -0.25) is 4.79 Å². The number of halogens is 1. The Morgan fingerprint density at radius 2 is 2.00 bits per heavy atom. The van der Waals surface area contributed by atoms with E-state index in [2.05, 4.69) is 23.0 Å². The Hall–Kier alpha value is -3.27. The topological polar surface area (TPSA) is 90.2 Å². The van der Waals surface area contributed by atoms with Crippen LogP contribution in [0.25, 0.3) is 10.9 Å². The molecule has 2 fully saturated rings. The normalized spacial score (nSPS) is 21.7. The summed E-state index contributed by atoms with van der Waals surface area (Å²) in [6, 6.07) is 9.02. The van der Waals surface area contributed by atoms with E-state index in [1.165, 1.54) is 11.6 Å². The van der Waals surface area contributed by atoms with Gasteiger partial charge in [-0.05, 0) is 42.3 Å². The van der Waals surface area contributed by atoms with Crippen molar-refractivity contribution in [2.24, 2.45) is 0 Å². The predicted molar refractivity (Wildman–Crippen MR) is 144 cm³/mol. The molecular weight excluding hydrogens is 499 g/mol. The molecule has 2 N–H and O–H groups in total. The number of amides is 1. The lowest BCUT2D eigenvalue weighted by Crippen LogP contribution is -2.45. The monoisotopic (exact) mass is 532 g/mol. The number of ether oxygens (including phenoxy) is 3. The summed E-state index contributed by atoms with van der Waals surface area (Å²) >= 11 is 0. The minimum atomic E-state index is -0.603. The molecule has 2 aromatic carbocycles. The van der Waals surface area contributed by atoms with Crippen molar-refractivity contribution in [2.45, 2.75) is 57.1 Å². The first-order chi connectivity index (χ1) is 18.9. The molecule has 0 aliphatic carbocycles. The van der Waals surface area contributed by atoms with Crippen molar-refractivity contribution in [3.63, 3.8) is 0 Å². The standard InChI is InChI=1S/C30H33FN4O4/c1-34-7-5-30(6-8-34)13-19-10-18(2-3-27(19)39-30)14-35(20-4-9-37-15-20)29(36)22-11-21-23-16-38-17-24(23)28(32)33-26(21)12-25(22)31/h2-3,10-12,20H,4-9,13-17H2,1H3,(H2,32,33)/t20-/m0/s1. The quantitative estimate of drug-likeness (QED) is 0.547. The zero-order valence-electron chi connectivity index (χ0n) is 22.2. The summed E-state index contributed by atoms with van der Waals surface area (Å²) in [7, 11) is 2.15. The summed E-state index contributed by atoms with van der Waals surface area (Å²) in [5.74, 6) is 0.335. The van der Waals surface area contributed by atoms with Gasteiger partial charge in [0.25, 0.3) is 5.91 Å². The van der Waals surface area contributed by atoms with Crippen LogP contribution in [0.15, 0.2) is 30.3 Å². The van der Waals surface area contributed by atoms with Crippen LogP contribution in [0.2, 0.25) is 0 Å². The number of hydrogen-bond acceptors (Lipinski definition) is 7. The maximum atomic E-state index is 15.4. The van der Waals surface area contributed by atoms with Gasteiger partial charge in [-0.1, -0.05) is 12.1 Å². The number of fused-ring (bicyclic) bond motifs is 4. The van der Waals surface area contributed by atoms with E-state index >= 15 is 4.39 Å². The van der Waals surface area contributed by atoms with Crippen LogP contribution in [-0.2, 0) is 35.7 Å². The molecule has 1 spiro atoms. The maximum Gasteiger partial charge on any atom is 0.257 e. The third kappa shape index (κ3) is 4.33. The van der Waals surface area contributed by atoms with Gasteiger partial charge in [0, 0.05) is 62.5 Å². The summed E-state index contributed by atoms with van der Waals surface area (Å²) in [4.78, 5) is 22.5. The number of benzene rings is 2. The second-order valence-electron chi connectivity index (χ2n) is 11.5. The average Bonchev–Trinajstić information content (AvgIpc) is 3.69. The molecule has 8 nitrogen and oxygen atoms in total. The van der Waals surface area contributed by atoms with Gasteiger partial charge in [0.05, 0.1) is 36.9 Å². The molecular formula is C30H33FN4O4. The van der Waals surface area contributed by atoms with Crippen molar-refractivity contribution in [2.75, 3.05) is 39.1 Å². The molecule has 5 heterocycles. The fraction of sp³-hybridized carbons (Fsp3) is 0.467. The summed E-state index contributed by atoms with van der Waals surface area (Å²) in [6.07, 6.45) is 3.61. The van der Waals surface area contributed by atoms with Gasteiger partial charge >= 0.3 is 0 Å². The van der Waals surface area contributed by atoms with Crippen LogP contribution in [0, 0.1) is 5.82 Å². The number of carbonyl (C=O) groups excluding carboxylic acids is 1. The molecule has 4 aliphatic rings. The maximum absolute atomic E-state index is 15.4. The van der Waals surface area contributed by atoms with Crippen molar-refractivity contribution in [3.8, 4) is 5.75 Å². The highest BCUT2D eigenvalue weighted by Crippen LogP contribution is 2.41. The zero-order chi connectivity index (χ0) is 26.7. The smallest absolute Gasteiger partial charge is 0.257 e. The van der Waals surface area contributed by atoms with Crippen LogP contribution in [-0.4, -0.2) is 65.7 Å². The van der Waals surface area contributed by atoms with Crippen LogP contribution in [0.4, 0.5) is 10.2 Å². The van der Waals surface area contributed by atoms with Crippen molar-refractivity contribution >= 4 is 22.6 Å². The molecule has 4 aliphatic heterocycles. The second kappa shape index (κ2) is 9.43. The van der Waals surface area contributed by atoms with Crippen LogP contribution in [0.5, 0.6) is 5.75 Å². The molecule has 7 rings (SSSR count). The second-order valence-corrected chi connectivity index (χ2v) is 11.5. The Balaban J connectivity index is 1.20. The molecule has 1 atom stereocenters. The molecule has 0 unspecified atom stereocenters. The Morgan fingerprint density at radius 3 is 2.79 bits per heavy atom. The lowest BCUT2D eigenvalue weighted by atomic mass is 9.87. The molecule has 0 saturated carbocycles. The number of aromatic nitrogens is 1. The molecule has 1 amide bonds. The minimum Gasteiger partial charge on any atom is -0.487 e. The van der Waals surface area contributed by atoms with Crippen LogP contribution < -0.4 is 10.5 Å². The van der Waals surface area contributed by atoms with Gasteiger partial charge in [0.2, 0.25) is 0 Å². The lowest BCUT2D eigenvalue weighted by molar-refractivity contribution is 0.0271. The molecule has 2 saturated heterocycles. The largest absolute Gasteiger partial charge is 0.487 e. The average molecular weight is 533 g/mol. The number of nitrogens with zero attached hydrogens (tertiary/aromatic N) is 3. The van der Waals surface area contributed by atoms with Crippen molar-refractivity contribution in [1.29, 1.82) is 0 Å². The lowest BCUT2D eigenvalue weighted by Gasteiger charge is -2.37. The van der Waals surface area contributed by atoms with Crippen LogP contribution >= 0.6 is 0 Å². The molecule has 0 radical (unpaired) electrons. The summed E-state index contributed by atoms with van der Waals surface area (Å²) < 4.78 is 33.1. The fourth-order valence-corrected chi connectivity index (χ4v) is 6.53. The van der Waals surface area contributed by atoms with Gasteiger partial charge in [-0.15, -0.1) is 0 Å². The summed E-state index contributed by atoms with van der Waals surface area (Å²) in [5, 5.41) is 0.710. The van der Waals surface area contributed by atoms with E-state index in [0.29, 0.717) is 56.1 Å². The minimum absolute atomic E-state index is 0.0323. The van der Waals surface area contributed by atoms with Crippen LogP contribution in [0.1, 0.15) is 51.9 Å². The van der Waals surface area contributed by atoms with Gasteiger partial charge in [0.15, 0.2) is 0 Å². The van der Waals surface area contributed by atoms with Crippen molar-refractivity contribution in [3.05, 3.63) is 64.0 Å². The number of pyridine rings is 1. The molecule has 0 bridgehead atoms. The van der Waals surface area contributed by atoms with Gasteiger partial charge in [-0.25, -0.2) is 9.37 Å². The highest BCUT2D eigenvalue weighted by molar-refractivity contribution is 5.99.